The molecule has 0 atom stereocenters. The Kier molecular flexibility index (Phi) is 5.32. The lowest BCUT2D eigenvalue weighted by Crippen LogP contribution is -2.46. The summed E-state index contributed by atoms with van der Waals surface area (Å²) in [7, 11) is 1.62. The SMILES string of the molecule is COc1cc2nn(C3CCC4([CH]CN(C(=O)OC(C)(C)C)CC4)CC3)cc2cc1N. The van der Waals surface area contributed by atoms with Crippen LogP contribution in [0, 0.1) is 11.8 Å². The van der Waals surface area contributed by atoms with Crippen molar-refractivity contribution in [1.29, 1.82) is 0 Å². The topological polar surface area (TPSA) is 82.6 Å². The van der Waals surface area contributed by atoms with Crippen LogP contribution in [0.25, 0.3) is 10.9 Å². The highest BCUT2D eigenvalue weighted by molar-refractivity contribution is 5.84. The number of fused-ring (bicyclic) bond motifs is 1. The van der Waals surface area contributed by atoms with Gasteiger partial charge in [-0.05, 0) is 70.8 Å². The van der Waals surface area contributed by atoms with Crippen LogP contribution in [0.1, 0.15) is 58.9 Å². The summed E-state index contributed by atoms with van der Waals surface area (Å²) in [6.07, 6.45) is 9.68. The first-order valence-corrected chi connectivity index (χ1v) is 10.8. The molecule has 1 aromatic heterocycles. The minimum Gasteiger partial charge on any atom is -0.495 e. The zero-order valence-electron chi connectivity index (χ0n) is 18.5. The molecule has 1 radical (unpaired) electrons. The van der Waals surface area contributed by atoms with Crippen molar-refractivity contribution in [2.75, 3.05) is 25.9 Å². The summed E-state index contributed by atoms with van der Waals surface area (Å²) >= 11 is 0. The number of hydrogen-bond acceptors (Lipinski definition) is 5. The number of hydrogen-bond donors (Lipinski definition) is 1. The van der Waals surface area contributed by atoms with Gasteiger partial charge in [0.1, 0.15) is 11.4 Å². The van der Waals surface area contributed by atoms with Gasteiger partial charge in [0.2, 0.25) is 0 Å². The number of aromatic nitrogens is 2. The van der Waals surface area contributed by atoms with E-state index in [0.29, 0.717) is 24.0 Å². The van der Waals surface area contributed by atoms with Gasteiger partial charge in [-0.3, -0.25) is 4.68 Å². The molecule has 1 saturated carbocycles. The van der Waals surface area contributed by atoms with E-state index in [-0.39, 0.29) is 11.5 Å². The summed E-state index contributed by atoms with van der Waals surface area (Å²) in [6, 6.07) is 4.24. The van der Waals surface area contributed by atoms with E-state index in [9.17, 15) is 4.79 Å². The van der Waals surface area contributed by atoms with Gasteiger partial charge >= 0.3 is 6.09 Å². The van der Waals surface area contributed by atoms with Crippen LogP contribution in [0.3, 0.4) is 0 Å². The molecule has 2 heterocycles. The van der Waals surface area contributed by atoms with Gasteiger partial charge in [0, 0.05) is 30.7 Å². The highest BCUT2D eigenvalue weighted by Crippen LogP contribution is 2.47. The number of ether oxygens (including phenoxy) is 2. The van der Waals surface area contributed by atoms with Gasteiger partial charge in [-0.2, -0.15) is 5.10 Å². The second kappa shape index (κ2) is 7.67. The van der Waals surface area contributed by atoms with Crippen molar-refractivity contribution >= 4 is 22.7 Å². The lowest BCUT2D eigenvalue weighted by molar-refractivity contribution is 0.0144. The van der Waals surface area contributed by atoms with Gasteiger partial charge in [0.05, 0.1) is 24.4 Å². The third kappa shape index (κ3) is 4.20. The van der Waals surface area contributed by atoms with E-state index < -0.39 is 5.60 Å². The van der Waals surface area contributed by atoms with Crippen molar-refractivity contribution in [1.82, 2.24) is 14.7 Å². The average molecular weight is 414 g/mol. The number of likely N-dealkylation sites (tertiary alicyclic amines) is 1. The number of rotatable bonds is 2. The quantitative estimate of drug-likeness (QED) is 0.729. The molecule has 7 heteroatoms. The Hall–Kier alpha value is -2.44. The zero-order chi connectivity index (χ0) is 21.5. The number of carbonyl (C=O) groups excluding carboxylic acids is 1. The Morgan fingerprint density at radius 1 is 1.23 bits per heavy atom. The van der Waals surface area contributed by atoms with Crippen molar-refractivity contribution in [2.24, 2.45) is 5.41 Å². The van der Waals surface area contributed by atoms with Crippen LogP contribution < -0.4 is 10.5 Å². The predicted octanol–water partition coefficient (Wildman–Crippen LogP) is 4.57. The van der Waals surface area contributed by atoms with E-state index in [1.54, 1.807) is 7.11 Å². The number of nitrogens with zero attached hydrogens (tertiary/aromatic N) is 3. The van der Waals surface area contributed by atoms with E-state index in [4.69, 9.17) is 20.3 Å². The van der Waals surface area contributed by atoms with Crippen LogP contribution in [0.15, 0.2) is 18.3 Å². The van der Waals surface area contributed by atoms with Crippen LogP contribution >= 0.6 is 0 Å². The number of benzene rings is 1. The number of carbonyl (C=O) groups is 1. The Morgan fingerprint density at radius 3 is 2.57 bits per heavy atom. The predicted molar refractivity (Wildman–Crippen MR) is 117 cm³/mol. The molecular formula is C23H33N4O3. The molecule has 1 aromatic carbocycles. The molecule has 4 rings (SSSR count). The lowest BCUT2D eigenvalue weighted by Gasteiger charge is -2.45. The molecule has 2 N–H and O–H groups in total. The number of amides is 1. The van der Waals surface area contributed by atoms with Gasteiger partial charge in [0.15, 0.2) is 0 Å². The zero-order valence-corrected chi connectivity index (χ0v) is 18.5. The Bertz CT molecular complexity index is 912. The standard InChI is InChI=1S/C23H33N4O3/c1-22(2,3)30-21(28)26-11-9-23(10-12-26)7-5-17(6-8-23)27-15-16-13-18(24)20(29-4)14-19(16)25-27/h9,13-15,17H,5-8,10-12,24H2,1-4H3. The molecule has 7 nitrogen and oxygen atoms in total. The minimum absolute atomic E-state index is 0.208. The smallest absolute Gasteiger partial charge is 0.410 e. The van der Waals surface area contributed by atoms with Gasteiger partial charge < -0.3 is 20.1 Å². The fourth-order valence-corrected chi connectivity index (χ4v) is 4.70. The van der Waals surface area contributed by atoms with Crippen LogP contribution in [-0.2, 0) is 4.74 Å². The van der Waals surface area contributed by atoms with E-state index in [2.05, 4.69) is 17.3 Å². The maximum Gasteiger partial charge on any atom is 0.410 e. The summed E-state index contributed by atoms with van der Waals surface area (Å²) in [5, 5.41) is 5.84. The Labute approximate surface area is 178 Å². The molecule has 2 aliphatic rings. The molecule has 30 heavy (non-hydrogen) atoms. The van der Waals surface area contributed by atoms with E-state index in [1.165, 1.54) is 0 Å². The summed E-state index contributed by atoms with van der Waals surface area (Å²) in [5.41, 5.74) is 7.37. The third-order valence-corrected chi connectivity index (χ3v) is 6.47. The largest absolute Gasteiger partial charge is 0.495 e. The van der Waals surface area contributed by atoms with E-state index in [1.807, 2.05) is 37.8 Å². The number of nitrogens with two attached hydrogens (primary N) is 1. The first kappa shape index (κ1) is 20.8. The van der Waals surface area contributed by atoms with Crippen LogP contribution in [-0.4, -0.2) is 46.6 Å². The molecule has 1 saturated heterocycles. The third-order valence-electron chi connectivity index (χ3n) is 6.47. The average Bonchev–Trinajstić information content (AvgIpc) is 3.09. The molecule has 2 fully saturated rings. The van der Waals surface area contributed by atoms with Crippen LogP contribution in [0.5, 0.6) is 5.75 Å². The lowest BCUT2D eigenvalue weighted by atomic mass is 9.67. The summed E-state index contributed by atoms with van der Waals surface area (Å²) < 4.78 is 12.9. The van der Waals surface area contributed by atoms with Gasteiger partial charge in [-0.25, -0.2) is 4.79 Å². The maximum absolute atomic E-state index is 12.3. The maximum atomic E-state index is 12.3. The molecule has 1 aliphatic carbocycles. The number of nitrogen functional groups attached to an aromatic ring is 1. The summed E-state index contributed by atoms with van der Waals surface area (Å²) in [4.78, 5) is 14.2. The summed E-state index contributed by atoms with van der Waals surface area (Å²) in [5.74, 6) is 0.668. The van der Waals surface area contributed by atoms with Crippen molar-refractivity contribution < 1.29 is 14.3 Å². The molecule has 1 aliphatic heterocycles. The minimum atomic E-state index is -0.452. The normalized spacial score (nSPS) is 19.9. The van der Waals surface area contributed by atoms with Gasteiger partial charge in [-0.15, -0.1) is 0 Å². The molecule has 2 aromatic rings. The first-order chi connectivity index (χ1) is 14.2. The molecule has 0 unspecified atom stereocenters. The molecule has 1 spiro atoms. The number of anilines is 1. The monoisotopic (exact) mass is 413 g/mol. The van der Waals surface area contributed by atoms with Crippen molar-refractivity contribution in [3.63, 3.8) is 0 Å². The number of methoxy groups -OCH3 is 1. The first-order valence-electron chi connectivity index (χ1n) is 10.8. The molecule has 0 bridgehead atoms. The Balaban J connectivity index is 1.36. The Morgan fingerprint density at radius 2 is 1.97 bits per heavy atom. The summed E-state index contributed by atoms with van der Waals surface area (Å²) in [6.45, 7) is 7.16. The van der Waals surface area contributed by atoms with Gasteiger partial charge in [-0.1, -0.05) is 0 Å². The number of piperidine rings is 1. The molecule has 163 valence electrons. The fourth-order valence-electron chi connectivity index (χ4n) is 4.70. The molecule has 1 amide bonds. The molecular weight excluding hydrogens is 380 g/mol. The van der Waals surface area contributed by atoms with Crippen LogP contribution in [0.4, 0.5) is 10.5 Å². The highest BCUT2D eigenvalue weighted by Gasteiger charge is 2.40. The van der Waals surface area contributed by atoms with Crippen LogP contribution in [0.2, 0.25) is 0 Å². The fraction of sp³-hybridized carbons (Fsp3) is 0.609. The second-order valence-electron chi connectivity index (χ2n) is 9.74. The van der Waals surface area contributed by atoms with Crippen molar-refractivity contribution in [3.05, 3.63) is 24.8 Å². The van der Waals surface area contributed by atoms with Crippen molar-refractivity contribution in [2.45, 2.75) is 64.5 Å². The highest BCUT2D eigenvalue weighted by atomic mass is 16.6. The van der Waals surface area contributed by atoms with Crippen molar-refractivity contribution in [3.8, 4) is 5.75 Å². The van der Waals surface area contributed by atoms with E-state index in [0.717, 1.165) is 49.6 Å². The van der Waals surface area contributed by atoms with Gasteiger partial charge in [0.25, 0.3) is 0 Å². The van der Waals surface area contributed by atoms with E-state index >= 15 is 0 Å². The second-order valence-corrected chi connectivity index (χ2v) is 9.74.